The van der Waals surface area contributed by atoms with Gasteiger partial charge in [-0.15, -0.1) is 0 Å². The SMILES string of the molecule is CCCCC/C=C\C/C=C\C/C=C\CCCCCCCCCCC(=O)OCC(O)COP(=O)(O)OCC(O)COP(=O)(O)OCC(O)COC(=O)CCCCCCCCCCCCCCCCC. The Kier molecular flexibility index (Phi) is 46.4. The van der Waals surface area contributed by atoms with Crippen LogP contribution in [0.25, 0.3) is 0 Å². The molecule has 0 aromatic rings. The molecule has 0 saturated heterocycles. The quantitative estimate of drug-likeness (QED) is 0.0165. The Morgan fingerprint density at radius 2 is 0.632 bits per heavy atom. The summed E-state index contributed by atoms with van der Waals surface area (Å²) in [5, 5.41) is 30.1. The number of phosphoric acid groups is 2. The number of allylic oxidation sites excluding steroid dienone is 6. The number of phosphoric ester groups is 2. The first kappa shape index (κ1) is 66.3. The lowest BCUT2D eigenvalue weighted by atomic mass is 10.0. The highest BCUT2D eigenvalue weighted by Crippen LogP contribution is 2.45. The molecule has 0 bridgehead atoms. The zero-order valence-corrected chi connectivity index (χ0v) is 44.1. The zero-order chi connectivity index (χ0) is 50.2. The number of aliphatic hydroxyl groups is 3. The van der Waals surface area contributed by atoms with Crippen molar-refractivity contribution in [2.45, 2.75) is 238 Å². The van der Waals surface area contributed by atoms with Gasteiger partial charge in [0.2, 0.25) is 0 Å². The smallest absolute Gasteiger partial charge is 0.463 e. The molecule has 0 saturated carbocycles. The fourth-order valence-corrected chi connectivity index (χ4v) is 8.58. The molecule has 5 unspecified atom stereocenters. The van der Waals surface area contributed by atoms with Crippen LogP contribution in [0.4, 0.5) is 0 Å². The van der Waals surface area contributed by atoms with Crippen molar-refractivity contribution in [3.8, 4) is 0 Å². The molecule has 0 aromatic heterocycles. The van der Waals surface area contributed by atoms with Crippen LogP contribution in [-0.2, 0) is 46.3 Å². The van der Waals surface area contributed by atoms with Gasteiger partial charge in [-0.2, -0.15) is 0 Å². The van der Waals surface area contributed by atoms with E-state index in [9.17, 15) is 43.8 Å². The Morgan fingerprint density at radius 1 is 0.382 bits per heavy atom. The lowest BCUT2D eigenvalue weighted by Crippen LogP contribution is -2.25. The molecule has 0 aliphatic heterocycles. The van der Waals surface area contributed by atoms with Gasteiger partial charge in [-0.1, -0.05) is 192 Å². The molecule has 15 nitrogen and oxygen atoms in total. The van der Waals surface area contributed by atoms with Crippen LogP contribution in [0.5, 0.6) is 0 Å². The van der Waals surface area contributed by atoms with Crippen LogP contribution in [0.15, 0.2) is 36.5 Å². The molecule has 0 aromatic carbocycles. The number of carbonyl (C=O) groups excluding carboxylic acids is 2. The summed E-state index contributed by atoms with van der Waals surface area (Å²) in [7, 11) is -9.57. The van der Waals surface area contributed by atoms with Gasteiger partial charge in [-0.25, -0.2) is 9.13 Å². The van der Waals surface area contributed by atoms with Gasteiger partial charge in [0.25, 0.3) is 0 Å². The summed E-state index contributed by atoms with van der Waals surface area (Å²) in [6, 6.07) is 0. The van der Waals surface area contributed by atoms with E-state index in [1.165, 1.54) is 116 Å². The van der Waals surface area contributed by atoms with Crippen molar-refractivity contribution in [3.05, 3.63) is 36.5 Å². The molecule has 0 heterocycles. The standard InChI is InChI=1S/C51H96O15P2/c1-3-5-7-9-11-13-15-17-19-20-21-22-23-24-26-28-30-32-34-36-38-40-51(56)62-42-48(53)44-64-68(59,60)66-46-49(54)45-65-67(57,58)63-43-47(52)41-61-50(55)39-37-35-33-31-29-27-25-18-16-14-12-10-8-6-4-2/h11,13,17,19,21-22,47-49,52-54H,3-10,12,14-16,18,20,23-46H2,1-2H3,(H,57,58)(H,59,60)/b13-11-,19-17-,22-21-. The average Bonchev–Trinajstić information content (AvgIpc) is 3.31. The Balaban J connectivity index is 3.85. The summed E-state index contributed by atoms with van der Waals surface area (Å²) >= 11 is 0. The predicted octanol–water partition coefficient (Wildman–Crippen LogP) is 12.6. The number of aliphatic hydroxyl groups excluding tert-OH is 3. The van der Waals surface area contributed by atoms with Crippen molar-refractivity contribution >= 4 is 27.6 Å². The lowest BCUT2D eigenvalue weighted by Gasteiger charge is -2.19. The molecule has 400 valence electrons. The average molecular weight is 1010 g/mol. The number of hydrogen-bond donors (Lipinski definition) is 5. The minimum Gasteiger partial charge on any atom is -0.463 e. The van der Waals surface area contributed by atoms with E-state index in [0.29, 0.717) is 12.8 Å². The second kappa shape index (κ2) is 47.6. The van der Waals surface area contributed by atoms with Crippen molar-refractivity contribution in [2.24, 2.45) is 0 Å². The van der Waals surface area contributed by atoms with Gasteiger partial charge in [0.15, 0.2) is 0 Å². The van der Waals surface area contributed by atoms with E-state index in [-0.39, 0.29) is 12.8 Å². The number of esters is 2. The Morgan fingerprint density at radius 3 is 0.971 bits per heavy atom. The first-order valence-electron chi connectivity index (χ1n) is 26.3. The van der Waals surface area contributed by atoms with Crippen LogP contribution in [-0.4, -0.2) is 95.0 Å². The van der Waals surface area contributed by atoms with Gasteiger partial charge < -0.3 is 34.6 Å². The molecule has 5 atom stereocenters. The van der Waals surface area contributed by atoms with Crippen molar-refractivity contribution in [1.29, 1.82) is 0 Å². The van der Waals surface area contributed by atoms with Crippen LogP contribution in [0.3, 0.4) is 0 Å². The largest absolute Gasteiger partial charge is 0.472 e. The summed E-state index contributed by atoms with van der Waals surface area (Å²) in [4.78, 5) is 43.8. The lowest BCUT2D eigenvalue weighted by molar-refractivity contribution is -0.148. The van der Waals surface area contributed by atoms with E-state index < -0.39 is 85.5 Å². The molecule has 0 fully saturated rings. The van der Waals surface area contributed by atoms with Crippen molar-refractivity contribution in [3.63, 3.8) is 0 Å². The zero-order valence-electron chi connectivity index (χ0n) is 42.3. The minimum absolute atomic E-state index is 0.188. The number of ether oxygens (including phenoxy) is 2. The Bertz CT molecular complexity index is 1360. The first-order chi connectivity index (χ1) is 32.8. The van der Waals surface area contributed by atoms with Crippen LogP contribution in [0.2, 0.25) is 0 Å². The van der Waals surface area contributed by atoms with Crippen molar-refractivity contribution in [2.75, 3.05) is 39.6 Å². The number of hydrogen-bond acceptors (Lipinski definition) is 13. The van der Waals surface area contributed by atoms with Crippen LogP contribution in [0.1, 0.15) is 219 Å². The summed E-state index contributed by atoms with van der Waals surface area (Å²) in [5.74, 6) is -0.996. The van der Waals surface area contributed by atoms with Gasteiger partial charge in [-0.05, 0) is 51.4 Å². The molecule has 17 heteroatoms. The minimum atomic E-state index is -4.79. The number of carbonyl (C=O) groups is 2. The van der Waals surface area contributed by atoms with Crippen molar-refractivity contribution in [1.82, 2.24) is 0 Å². The number of unbranched alkanes of at least 4 members (excludes halogenated alkanes) is 25. The highest BCUT2D eigenvalue weighted by molar-refractivity contribution is 7.47. The summed E-state index contributed by atoms with van der Waals surface area (Å²) in [6.45, 7) is 0.420. The molecule has 0 aliphatic carbocycles. The van der Waals surface area contributed by atoms with E-state index in [1.54, 1.807) is 0 Å². The molecular weight excluding hydrogens is 914 g/mol. The monoisotopic (exact) mass is 1010 g/mol. The normalized spacial score (nSPS) is 15.2. The molecule has 0 rings (SSSR count). The molecule has 0 amide bonds. The number of rotatable bonds is 51. The van der Waals surface area contributed by atoms with Gasteiger partial charge in [0.05, 0.1) is 26.4 Å². The molecule has 68 heavy (non-hydrogen) atoms. The van der Waals surface area contributed by atoms with Gasteiger partial charge in [0.1, 0.15) is 31.5 Å². The molecule has 0 radical (unpaired) electrons. The fourth-order valence-electron chi connectivity index (χ4n) is 6.99. The van der Waals surface area contributed by atoms with Gasteiger partial charge >= 0.3 is 27.6 Å². The Hall–Kier alpha value is -1.74. The van der Waals surface area contributed by atoms with Gasteiger partial charge in [0, 0.05) is 12.8 Å². The van der Waals surface area contributed by atoms with E-state index in [2.05, 4.69) is 59.4 Å². The summed E-state index contributed by atoms with van der Waals surface area (Å²) < 4.78 is 53.1. The summed E-state index contributed by atoms with van der Waals surface area (Å²) in [6.07, 6.45) is 44.1. The third-order valence-electron chi connectivity index (χ3n) is 11.1. The van der Waals surface area contributed by atoms with E-state index >= 15 is 0 Å². The maximum absolute atomic E-state index is 12.2. The molecule has 0 spiro atoms. The first-order valence-corrected chi connectivity index (χ1v) is 29.3. The highest BCUT2D eigenvalue weighted by Gasteiger charge is 2.28. The second-order valence-corrected chi connectivity index (χ2v) is 20.8. The van der Waals surface area contributed by atoms with Crippen LogP contribution < -0.4 is 0 Å². The van der Waals surface area contributed by atoms with Crippen LogP contribution >= 0.6 is 15.6 Å². The highest BCUT2D eigenvalue weighted by atomic mass is 31.2. The second-order valence-electron chi connectivity index (χ2n) is 17.9. The third kappa shape index (κ3) is 49.2. The fraction of sp³-hybridized carbons (Fsp3) is 0.843. The molecule has 5 N–H and O–H groups in total. The van der Waals surface area contributed by atoms with Crippen LogP contribution in [0, 0.1) is 0 Å². The van der Waals surface area contributed by atoms with E-state index in [1.807, 2.05) is 0 Å². The topological polar surface area (TPSA) is 225 Å². The van der Waals surface area contributed by atoms with Gasteiger partial charge in [-0.3, -0.25) is 27.7 Å². The van der Waals surface area contributed by atoms with E-state index in [4.69, 9.17) is 18.5 Å². The van der Waals surface area contributed by atoms with E-state index in [0.717, 1.165) is 64.2 Å². The molecular formula is C51H96O15P2. The third-order valence-corrected chi connectivity index (χ3v) is 13.0. The Labute approximate surface area is 411 Å². The predicted molar refractivity (Wildman–Crippen MR) is 270 cm³/mol. The summed E-state index contributed by atoms with van der Waals surface area (Å²) in [5.41, 5.74) is 0. The molecule has 0 aliphatic rings. The van der Waals surface area contributed by atoms with Crippen molar-refractivity contribution < 1.29 is 71.4 Å². The maximum atomic E-state index is 12.2. The maximum Gasteiger partial charge on any atom is 0.472 e.